The van der Waals surface area contributed by atoms with Crippen LogP contribution in [0.3, 0.4) is 0 Å². The summed E-state index contributed by atoms with van der Waals surface area (Å²) >= 11 is 9.26. The van der Waals surface area contributed by atoms with Crippen molar-refractivity contribution in [3.63, 3.8) is 0 Å². The summed E-state index contributed by atoms with van der Waals surface area (Å²) in [4.78, 5) is 5.60. The van der Waals surface area contributed by atoms with Crippen LogP contribution in [0.2, 0.25) is 4.34 Å². The van der Waals surface area contributed by atoms with Gasteiger partial charge >= 0.3 is 0 Å². The topological polar surface area (TPSA) is 38.1 Å². The van der Waals surface area contributed by atoms with Gasteiger partial charge in [0.2, 0.25) is 0 Å². The van der Waals surface area contributed by atoms with Crippen molar-refractivity contribution < 1.29 is 4.42 Å². The van der Waals surface area contributed by atoms with Crippen LogP contribution in [0.1, 0.15) is 27.4 Å². The molecule has 3 heterocycles. The number of nitrogens with one attached hydrogen (secondary N) is 1. The molecule has 0 bridgehead atoms. The Labute approximate surface area is 130 Å². The van der Waals surface area contributed by atoms with Crippen molar-refractivity contribution in [3.05, 3.63) is 61.6 Å². The summed E-state index contributed by atoms with van der Waals surface area (Å²) in [7, 11) is 0. The van der Waals surface area contributed by atoms with E-state index in [9.17, 15) is 0 Å². The summed E-state index contributed by atoms with van der Waals surface area (Å²) in [5.41, 5.74) is 1.05. The first-order valence-electron chi connectivity index (χ1n) is 6.15. The number of hydrogen-bond acceptors (Lipinski definition) is 5. The minimum Gasteiger partial charge on any atom is -0.467 e. The van der Waals surface area contributed by atoms with Crippen LogP contribution < -0.4 is 5.32 Å². The van der Waals surface area contributed by atoms with Gasteiger partial charge in [-0.3, -0.25) is 5.32 Å². The third kappa shape index (κ3) is 3.12. The first kappa shape index (κ1) is 13.8. The van der Waals surface area contributed by atoms with E-state index in [0.717, 1.165) is 25.7 Å². The Bertz CT molecular complexity index is 675. The van der Waals surface area contributed by atoms with Gasteiger partial charge in [-0.1, -0.05) is 11.6 Å². The Kier molecular flexibility index (Phi) is 4.21. The van der Waals surface area contributed by atoms with Crippen molar-refractivity contribution in [2.45, 2.75) is 19.5 Å². The SMILES string of the molecule is Cc1nc(CNC(c2ccco2)c2ccc(Cl)s2)cs1. The second-order valence-corrected chi connectivity index (χ2v) is 7.14. The minimum absolute atomic E-state index is 0.00417. The van der Waals surface area contributed by atoms with Crippen LogP contribution in [0.15, 0.2) is 40.3 Å². The predicted molar refractivity (Wildman–Crippen MR) is 83.6 cm³/mol. The highest BCUT2D eigenvalue weighted by atomic mass is 35.5. The molecule has 1 atom stereocenters. The Hall–Kier alpha value is -1.14. The van der Waals surface area contributed by atoms with Crippen LogP contribution in [0.4, 0.5) is 0 Å². The highest BCUT2D eigenvalue weighted by Crippen LogP contribution is 2.31. The van der Waals surface area contributed by atoms with Gasteiger partial charge in [0.1, 0.15) is 11.8 Å². The second kappa shape index (κ2) is 6.10. The molecule has 1 unspecified atom stereocenters. The molecule has 3 aromatic heterocycles. The smallest absolute Gasteiger partial charge is 0.126 e. The van der Waals surface area contributed by atoms with E-state index in [1.165, 1.54) is 0 Å². The zero-order chi connectivity index (χ0) is 13.9. The quantitative estimate of drug-likeness (QED) is 0.743. The maximum absolute atomic E-state index is 6.04. The molecule has 0 saturated heterocycles. The monoisotopic (exact) mass is 324 g/mol. The first-order valence-corrected chi connectivity index (χ1v) is 8.23. The summed E-state index contributed by atoms with van der Waals surface area (Å²) in [6, 6.07) is 7.81. The van der Waals surface area contributed by atoms with E-state index in [0.29, 0.717) is 6.54 Å². The second-order valence-electron chi connectivity index (χ2n) is 4.33. The molecule has 0 aliphatic rings. The molecule has 0 aliphatic heterocycles. The van der Waals surface area contributed by atoms with Crippen molar-refractivity contribution in [1.29, 1.82) is 0 Å². The molecule has 20 heavy (non-hydrogen) atoms. The van der Waals surface area contributed by atoms with E-state index in [1.807, 2.05) is 31.2 Å². The Morgan fingerprint density at radius 1 is 1.40 bits per heavy atom. The highest BCUT2D eigenvalue weighted by Gasteiger charge is 2.18. The Balaban J connectivity index is 1.79. The van der Waals surface area contributed by atoms with Crippen LogP contribution in [-0.2, 0) is 6.54 Å². The molecule has 0 aromatic carbocycles. The largest absolute Gasteiger partial charge is 0.467 e. The molecule has 0 saturated carbocycles. The van der Waals surface area contributed by atoms with Gasteiger partial charge in [0.25, 0.3) is 0 Å². The van der Waals surface area contributed by atoms with Crippen molar-refractivity contribution in [2.24, 2.45) is 0 Å². The molecule has 0 spiro atoms. The van der Waals surface area contributed by atoms with Gasteiger partial charge in [0, 0.05) is 16.8 Å². The molecule has 0 aliphatic carbocycles. The van der Waals surface area contributed by atoms with Gasteiger partial charge < -0.3 is 4.42 Å². The lowest BCUT2D eigenvalue weighted by Crippen LogP contribution is -2.20. The van der Waals surface area contributed by atoms with Gasteiger partial charge in [-0.25, -0.2) is 4.98 Å². The molecule has 6 heteroatoms. The molecule has 0 fully saturated rings. The van der Waals surface area contributed by atoms with E-state index >= 15 is 0 Å². The van der Waals surface area contributed by atoms with Crippen LogP contribution in [0, 0.1) is 6.92 Å². The molecule has 3 rings (SSSR count). The summed E-state index contributed by atoms with van der Waals surface area (Å²) in [5, 5.41) is 6.64. The number of furan rings is 1. The van der Waals surface area contributed by atoms with Crippen molar-refractivity contribution in [2.75, 3.05) is 0 Å². The van der Waals surface area contributed by atoms with Crippen LogP contribution in [0.5, 0.6) is 0 Å². The molecular formula is C14H13ClN2OS2. The molecule has 0 amide bonds. The zero-order valence-corrected chi connectivity index (χ0v) is 13.2. The van der Waals surface area contributed by atoms with Gasteiger partial charge in [-0.15, -0.1) is 22.7 Å². The third-order valence-electron chi connectivity index (χ3n) is 2.86. The lowest BCUT2D eigenvalue weighted by Gasteiger charge is -2.14. The standard InChI is InChI=1S/C14H13ClN2OS2/c1-9-17-10(8-19-9)7-16-14(11-3-2-6-18-11)12-4-5-13(15)20-12/h2-6,8,14,16H,7H2,1H3. The lowest BCUT2D eigenvalue weighted by molar-refractivity contribution is 0.448. The van der Waals surface area contributed by atoms with Crippen molar-refractivity contribution >= 4 is 34.3 Å². The van der Waals surface area contributed by atoms with E-state index in [1.54, 1.807) is 28.9 Å². The van der Waals surface area contributed by atoms with Crippen LogP contribution in [-0.4, -0.2) is 4.98 Å². The summed E-state index contributed by atoms with van der Waals surface area (Å²) in [6.45, 7) is 2.71. The minimum atomic E-state index is 0.00417. The summed E-state index contributed by atoms with van der Waals surface area (Å²) in [6.07, 6.45) is 1.69. The van der Waals surface area contributed by atoms with E-state index < -0.39 is 0 Å². The Morgan fingerprint density at radius 2 is 2.30 bits per heavy atom. The fourth-order valence-corrected chi connectivity index (χ4v) is 3.73. The zero-order valence-electron chi connectivity index (χ0n) is 10.8. The normalized spacial score (nSPS) is 12.7. The average Bonchev–Trinajstić information content (AvgIpc) is 3.13. The predicted octanol–water partition coefficient (Wildman–Crippen LogP) is 4.64. The number of halogens is 1. The Morgan fingerprint density at radius 3 is 2.90 bits per heavy atom. The number of thiophene rings is 1. The van der Waals surface area contributed by atoms with Crippen molar-refractivity contribution in [3.8, 4) is 0 Å². The summed E-state index contributed by atoms with van der Waals surface area (Å²) in [5.74, 6) is 0.885. The lowest BCUT2D eigenvalue weighted by atomic mass is 10.2. The van der Waals surface area contributed by atoms with Gasteiger partial charge in [0.15, 0.2) is 0 Å². The highest BCUT2D eigenvalue weighted by molar-refractivity contribution is 7.16. The number of nitrogens with zero attached hydrogens (tertiary/aromatic N) is 1. The molecule has 3 nitrogen and oxygen atoms in total. The maximum Gasteiger partial charge on any atom is 0.126 e. The van der Waals surface area contributed by atoms with Gasteiger partial charge in [0.05, 0.1) is 21.3 Å². The number of rotatable bonds is 5. The number of aromatic nitrogens is 1. The molecule has 3 aromatic rings. The fraction of sp³-hybridized carbons (Fsp3) is 0.214. The summed E-state index contributed by atoms with van der Waals surface area (Å²) < 4.78 is 6.32. The number of hydrogen-bond donors (Lipinski definition) is 1. The molecule has 0 radical (unpaired) electrons. The third-order valence-corrected chi connectivity index (χ3v) is 4.98. The number of thiazole rings is 1. The molecular weight excluding hydrogens is 312 g/mol. The first-order chi connectivity index (χ1) is 9.72. The molecule has 1 N–H and O–H groups in total. The number of aryl methyl sites for hydroxylation is 1. The van der Waals surface area contributed by atoms with Crippen LogP contribution >= 0.6 is 34.3 Å². The van der Waals surface area contributed by atoms with Crippen molar-refractivity contribution in [1.82, 2.24) is 10.3 Å². The van der Waals surface area contributed by atoms with E-state index in [2.05, 4.69) is 15.7 Å². The average molecular weight is 325 g/mol. The molecule has 104 valence electrons. The maximum atomic E-state index is 6.04. The van der Waals surface area contributed by atoms with Crippen LogP contribution in [0.25, 0.3) is 0 Å². The van der Waals surface area contributed by atoms with Gasteiger partial charge in [-0.05, 0) is 31.2 Å². The van der Waals surface area contributed by atoms with E-state index in [4.69, 9.17) is 16.0 Å². The fourth-order valence-electron chi connectivity index (χ4n) is 1.98. The van der Waals surface area contributed by atoms with E-state index in [-0.39, 0.29) is 6.04 Å². The van der Waals surface area contributed by atoms with Gasteiger partial charge in [-0.2, -0.15) is 0 Å².